The third-order valence-corrected chi connectivity index (χ3v) is 5.70. The molecule has 0 spiro atoms. The minimum absolute atomic E-state index is 0.111. The van der Waals surface area contributed by atoms with Crippen molar-refractivity contribution in [2.24, 2.45) is 5.92 Å². The highest BCUT2D eigenvalue weighted by Crippen LogP contribution is 2.27. The largest absolute Gasteiger partial charge is 0.484 e. The van der Waals surface area contributed by atoms with E-state index in [2.05, 4.69) is 10.6 Å². The van der Waals surface area contributed by atoms with Crippen LogP contribution in [0.1, 0.15) is 12.0 Å². The molecule has 0 unspecified atom stereocenters. The van der Waals surface area contributed by atoms with E-state index >= 15 is 0 Å². The Balaban J connectivity index is 1.23. The lowest BCUT2D eigenvalue weighted by Gasteiger charge is -2.17. The molecule has 3 amide bonds. The van der Waals surface area contributed by atoms with Crippen LogP contribution in [0, 0.1) is 11.7 Å². The van der Waals surface area contributed by atoms with Crippen LogP contribution in [0.15, 0.2) is 78.9 Å². The summed E-state index contributed by atoms with van der Waals surface area (Å²) in [7, 11) is 0. The Morgan fingerprint density at radius 3 is 2.40 bits per heavy atom. The average Bonchev–Trinajstić information content (AvgIpc) is 3.27. The summed E-state index contributed by atoms with van der Waals surface area (Å²) < 4.78 is 18.4. The fraction of sp³-hybridized carbons (Fsp3) is 0.222. The predicted molar refractivity (Wildman–Crippen MR) is 131 cm³/mol. The first-order valence-electron chi connectivity index (χ1n) is 11.4. The van der Waals surface area contributed by atoms with Gasteiger partial charge in [0.05, 0.1) is 5.92 Å². The van der Waals surface area contributed by atoms with Crippen molar-refractivity contribution < 1.29 is 23.5 Å². The minimum atomic E-state index is -0.399. The number of nitrogens with one attached hydrogen (secondary N) is 2. The first-order chi connectivity index (χ1) is 17.0. The van der Waals surface area contributed by atoms with E-state index in [1.807, 2.05) is 30.3 Å². The fourth-order valence-electron chi connectivity index (χ4n) is 3.85. The number of carbonyl (C=O) groups excluding carboxylic acids is 3. The summed E-state index contributed by atoms with van der Waals surface area (Å²) >= 11 is 0. The van der Waals surface area contributed by atoms with Gasteiger partial charge < -0.3 is 20.3 Å². The topological polar surface area (TPSA) is 87.7 Å². The van der Waals surface area contributed by atoms with Gasteiger partial charge in [0.15, 0.2) is 6.61 Å². The van der Waals surface area contributed by atoms with Crippen molar-refractivity contribution >= 4 is 29.1 Å². The van der Waals surface area contributed by atoms with E-state index in [4.69, 9.17) is 4.74 Å². The van der Waals surface area contributed by atoms with E-state index in [0.717, 1.165) is 12.0 Å². The summed E-state index contributed by atoms with van der Waals surface area (Å²) in [6.45, 7) is 0.620. The molecule has 1 saturated heterocycles. The van der Waals surface area contributed by atoms with Gasteiger partial charge in [0.2, 0.25) is 11.8 Å². The van der Waals surface area contributed by atoms with E-state index in [0.29, 0.717) is 30.2 Å². The van der Waals surface area contributed by atoms with Gasteiger partial charge in [-0.05, 0) is 60.5 Å². The standard InChI is InChI=1S/C27H26FN3O4/c28-21-6-8-22(9-7-21)30-25(32)18-35-24-12-10-23(11-13-24)31-17-20(16-26(31)33)27(34)29-15-14-19-4-2-1-3-5-19/h1-13,20H,14-18H2,(H,29,34)(H,30,32)/t20-/m0/s1. The van der Waals surface area contributed by atoms with Crippen molar-refractivity contribution in [3.63, 3.8) is 0 Å². The molecule has 0 aromatic heterocycles. The Hall–Kier alpha value is -4.20. The number of halogens is 1. The molecule has 1 heterocycles. The summed E-state index contributed by atoms with van der Waals surface area (Å²) in [6, 6.07) is 22.1. The highest BCUT2D eigenvalue weighted by molar-refractivity contribution is 6.00. The van der Waals surface area contributed by atoms with Gasteiger partial charge in [0, 0.05) is 30.9 Å². The number of anilines is 2. The summed E-state index contributed by atoms with van der Waals surface area (Å²) in [5, 5.41) is 5.55. The number of hydrogen-bond donors (Lipinski definition) is 2. The molecular weight excluding hydrogens is 449 g/mol. The third-order valence-electron chi connectivity index (χ3n) is 5.70. The summed E-state index contributed by atoms with van der Waals surface area (Å²) in [5.41, 5.74) is 2.28. The first-order valence-corrected chi connectivity index (χ1v) is 11.4. The number of carbonyl (C=O) groups is 3. The lowest BCUT2D eigenvalue weighted by Crippen LogP contribution is -2.34. The van der Waals surface area contributed by atoms with Crippen LogP contribution in [-0.2, 0) is 20.8 Å². The van der Waals surface area contributed by atoms with Gasteiger partial charge in [-0.3, -0.25) is 14.4 Å². The smallest absolute Gasteiger partial charge is 0.262 e. The molecule has 0 aliphatic carbocycles. The van der Waals surface area contributed by atoms with Crippen LogP contribution < -0.4 is 20.3 Å². The molecule has 180 valence electrons. The maximum Gasteiger partial charge on any atom is 0.262 e. The molecule has 1 aliphatic heterocycles. The Labute approximate surface area is 202 Å². The van der Waals surface area contributed by atoms with Crippen molar-refractivity contribution in [1.29, 1.82) is 0 Å². The van der Waals surface area contributed by atoms with Crippen molar-refractivity contribution in [3.8, 4) is 5.75 Å². The minimum Gasteiger partial charge on any atom is -0.484 e. The van der Waals surface area contributed by atoms with Gasteiger partial charge in [-0.1, -0.05) is 30.3 Å². The third kappa shape index (κ3) is 6.66. The normalized spacial score (nSPS) is 15.1. The van der Waals surface area contributed by atoms with Crippen molar-refractivity contribution in [3.05, 3.63) is 90.2 Å². The molecule has 0 bridgehead atoms. The van der Waals surface area contributed by atoms with Crippen LogP contribution >= 0.6 is 0 Å². The number of hydrogen-bond acceptors (Lipinski definition) is 4. The van der Waals surface area contributed by atoms with Crippen molar-refractivity contribution in [1.82, 2.24) is 5.32 Å². The second-order valence-corrected chi connectivity index (χ2v) is 8.27. The Bertz CT molecular complexity index is 1170. The van der Waals surface area contributed by atoms with Crippen LogP contribution in [0.25, 0.3) is 0 Å². The highest BCUT2D eigenvalue weighted by Gasteiger charge is 2.34. The van der Waals surface area contributed by atoms with E-state index in [9.17, 15) is 18.8 Å². The molecule has 35 heavy (non-hydrogen) atoms. The Morgan fingerprint density at radius 2 is 1.69 bits per heavy atom. The highest BCUT2D eigenvalue weighted by atomic mass is 19.1. The molecule has 1 aliphatic rings. The summed E-state index contributed by atoms with van der Waals surface area (Å²) in [4.78, 5) is 38.7. The number of nitrogens with zero attached hydrogens (tertiary/aromatic N) is 1. The monoisotopic (exact) mass is 475 g/mol. The van der Waals surface area contributed by atoms with Crippen molar-refractivity contribution in [2.75, 3.05) is 29.9 Å². The number of rotatable bonds is 9. The molecule has 8 heteroatoms. The van der Waals surface area contributed by atoms with Gasteiger partial charge in [-0.2, -0.15) is 0 Å². The number of amides is 3. The molecular formula is C27H26FN3O4. The maximum atomic E-state index is 12.9. The SMILES string of the molecule is O=C(COc1ccc(N2C[C@@H](C(=O)NCCc3ccccc3)CC2=O)cc1)Nc1ccc(F)cc1. The molecule has 1 atom stereocenters. The molecule has 3 aromatic rings. The number of ether oxygens (including phenoxy) is 1. The summed E-state index contributed by atoms with van der Waals surface area (Å²) in [5.74, 6) is -0.930. The van der Waals surface area contributed by atoms with Crippen LogP contribution in [0.3, 0.4) is 0 Å². The average molecular weight is 476 g/mol. The Morgan fingerprint density at radius 1 is 0.971 bits per heavy atom. The van der Waals surface area contributed by atoms with E-state index < -0.39 is 5.92 Å². The van der Waals surface area contributed by atoms with Crippen LogP contribution in [0.5, 0.6) is 5.75 Å². The van der Waals surface area contributed by atoms with Gasteiger partial charge in [-0.25, -0.2) is 4.39 Å². The van der Waals surface area contributed by atoms with Gasteiger partial charge in [0.25, 0.3) is 5.91 Å². The zero-order valence-corrected chi connectivity index (χ0v) is 19.1. The zero-order chi connectivity index (χ0) is 24.6. The Kier molecular flexibility index (Phi) is 7.72. The second kappa shape index (κ2) is 11.3. The van der Waals surface area contributed by atoms with E-state index in [-0.39, 0.29) is 36.6 Å². The van der Waals surface area contributed by atoms with Crippen LogP contribution in [0.4, 0.5) is 15.8 Å². The van der Waals surface area contributed by atoms with E-state index in [1.165, 1.54) is 24.3 Å². The van der Waals surface area contributed by atoms with Gasteiger partial charge in [-0.15, -0.1) is 0 Å². The van der Waals surface area contributed by atoms with Gasteiger partial charge >= 0.3 is 0 Å². The summed E-state index contributed by atoms with van der Waals surface area (Å²) in [6.07, 6.45) is 0.902. The van der Waals surface area contributed by atoms with Crippen LogP contribution in [-0.4, -0.2) is 37.4 Å². The molecule has 4 rings (SSSR count). The van der Waals surface area contributed by atoms with E-state index in [1.54, 1.807) is 29.2 Å². The molecule has 3 aromatic carbocycles. The quantitative estimate of drug-likeness (QED) is 0.496. The molecule has 0 radical (unpaired) electrons. The van der Waals surface area contributed by atoms with Crippen molar-refractivity contribution in [2.45, 2.75) is 12.8 Å². The number of benzene rings is 3. The molecule has 2 N–H and O–H groups in total. The fourth-order valence-corrected chi connectivity index (χ4v) is 3.85. The zero-order valence-electron chi connectivity index (χ0n) is 19.1. The lowest BCUT2D eigenvalue weighted by molar-refractivity contribution is -0.126. The van der Waals surface area contributed by atoms with Crippen LogP contribution in [0.2, 0.25) is 0 Å². The lowest BCUT2D eigenvalue weighted by atomic mass is 10.1. The van der Waals surface area contributed by atoms with Gasteiger partial charge in [0.1, 0.15) is 11.6 Å². The first kappa shape index (κ1) is 23.9. The second-order valence-electron chi connectivity index (χ2n) is 8.27. The molecule has 0 saturated carbocycles. The molecule has 7 nitrogen and oxygen atoms in total. The predicted octanol–water partition coefficient (Wildman–Crippen LogP) is 3.56. The molecule has 1 fully saturated rings. The maximum absolute atomic E-state index is 12.9.